The maximum Gasteiger partial charge on any atom is 0.191 e. The lowest BCUT2D eigenvalue weighted by molar-refractivity contribution is 0.172. The smallest absolute Gasteiger partial charge is 0.191 e. The first kappa shape index (κ1) is 24.2. The number of guanidine groups is 1. The molecule has 0 spiro atoms. The van der Waals surface area contributed by atoms with Crippen LogP contribution in [-0.2, 0) is 21.1 Å². The lowest BCUT2D eigenvalue weighted by Crippen LogP contribution is -2.40. The molecule has 27 heavy (non-hydrogen) atoms. The van der Waals surface area contributed by atoms with Gasteiger partial charge in [-0.3, -0.25) is 0 Å². The molecule has 2 rings (SSSR count). The Morgan fingerprint density at radius 2 is 2.00 bits per heavy atom. The van der Waals surface area contributed by atoms with Crippen LogP contribution in [0.1, 0.15) is 37.3 Å². The summed E-state index contributed by atoms with van der Waals surface area (Å²) in [5, 5.41) is 6.71. The number of aryl methyl sites for hydroxylation is 1. The van der Waals surface area contributed by atoms with E-state index >= 15 is 0 Å². The minimum atomic E-state index is -3.19. The van der Waals surface area contributed by atoms with Gasteiger partial charge in [0.05, 0.1) is 11.4 Å². The monoisotopic (exact) mass is 509 g/mol. The molecule has 0 unspecified atom stereocenters. The summed E-state index contributed by atoms with van der Waals surface area (Å²) < 4.78 is 28.6. The maximum atomic E-state index is 11.7. The van der Waals surface area contributed by atoms with Crippen molar-refractivity contribution < 1.29 is 13.2 Å². The number of rotatable bonds is 9. The topological polar surface area (TPSA) is 79.8 Å². The average Bonchev–Trinajstić information content (AvgIpc) is 3.35. The Morgan fingerprint density at radius 3 is 2.52 bits per heavy atom. The Hall–Kier alpha value is -0.870. The molecular formula is C19H32IN3O3S. The molecule has 0 heterocycles. The molecule has 1 aromatic carbocycles. The fourth-order valence-corrected chi connectivity index (χ4v) is 3.98. The van der Waals surface area contributed by atoms with Crippen LogP contribution in [-0.4, -0.2) is 47.4 Å². The van der Waals surface area contributed by atoms with E-state index in [0.717, 1.165) is 43.2 Å². The van der Waals surface area contributed by atoms with Gasteiger partial charge in [0, 0.05) is 33.1 Å². The van der Waals surface area contributed by atoms with Gasteiger partial charge in [0.25, 0.3) is 0 Å². The fraction of sp³-hybridized carbons (Fsp3) is 0.632. The normalized spacial score (nSPS) is 15.8. The van der Waals surface area contributed by atoms with Crippen molar-refractivity contribution in [1.82, 2.24) is 10.6 Å². The number of benzene rings is 1. The zero-order chi connectivity index (χ0) is 19.2. The van der Waals surface area contributed by atoms with Crippen molar-refractivity contribution in [1.29, 1.82) is 0 Å². The molecule has 1 saturated carbocycles. The molecule has 1 aliphatic rings. The Kier molecular flexibility index (Phi) is 9.50. The summed E-state index contributed by atoms with van der Waals surface area (Å²) in [4.78, 5) is 5.02. The van der Waals surface area contributed by atoms with Crippen LogP contribution in [0.3, 0.4) is 0 Å². The van der Waals surface area contributed by atoms with Gasteiger partial charge >= 0.3 is 0 Å². The molecule has 1 fully saturated rings. The minimum Gasteiger partial charge on any atom is -0.385 e. The first-order valence-corrected chi connectivity index (χ1v) is 11.0. The van der Waals surface area contributed by atoms with Crippen molar-refractivity contribution in [3.05, 3.63) is 29.3 Å². The van der Waals surface area contributed by atoms with Crippen LogP contribution in [0.25, 0.3) is 0 Å². The number of ether oxygens (including phenoxy) is 1. The van der Waals surface area contributed by atoms with E-state index in [-0.39, 0.29) is 24.0 Å². The lowest BCUT2D eigenvalue weighted by atomic mass is 10.0. The lowest BCUT2D eigenvalue weighted by Gasteiger charge is -2.18. The first-order valence-electron chi connectivity index (χ1n) is 9.10. The summed E-state index contributed by atoms with van der Waals surface area (Å²) in [5.74, 6) is 0.793. The fourth-order valence-electron chi connectivity index (χ4n) is 3.02. The van der Waals surface area contributed by atoms with Crippen molar-refractivity contribution in [3.63, 3.8) is 0 Å². The summed E-state index contributed by atoms with van der Waals surface area (Å²) in [6, 6.07) is 5.39. The third-order valence-electron chi connectivity index (χ3n) is 4.83. The number of nitrogens with one attached hydrogen (secondary N) is 2. The Labute approximate surface area is 180 Å². The van der Waals surface area contributed by atoms with Crippen molar-refractivity contribution in [3.8, 4) is 0 Å². The highest BCUT2D eigenvalue weighted by molar-refractivity contribution is 14.0. The van der Waals surface area contributed by atoms with Crippen molar-refractivity contribution >= 4 is 39.8 Å². The molecule has 0 aromatic heterocycles. The first-order chi connectivity index (χ1) is 12.3. The van der Waals surface area contributed by atoms with Crippen LogP contribution in [0, 0.1) is 12.3 Å². The molecule has 0 radical (unpaired) electrons. The van der Waals surface area contributed by atoms with Gasteiger partial charge in [0.1, 0.15) is 0 Å². The molecule has 0 bridgehead atoms. The van der Waals surface area contributed by atoms with E-state index in [9.17, 15) is 8.42 Å². The van der Waals surface area contributed by atoms with Crippen LogP contribution in [0.5, 0.6) is 0 Å². The Bertz CT molecular complexity index is 747. The molecule has 0 aliphatic heterocycles. The van der Waals surface area contributed by atoms with Gasteiger partial charge in [0.15, 0.2) is 15.8 Å². The molecule has 2 N–H and O–H groups in total. The van der Waals surface area contributed by atoms with Gasteiger partial charge in [0.2, 0.25) is 0 Å². The predicted octanol–water partition coefficient (Wildman–Crippen LogP) is 2.89. The highest BCUT2D eigenvalue weighted by atomic mass is 127. The van der Waals surface area contributed by atoms with Crippen LogP contribution in [0.15, 0.2) is 28.1 Å². The molecule has 0 amide bonds. The van der Waals surface area contributed by atoms with Gasteiger partial charge in [-0.1, -0.05) is 12.1 Å². The standard InChI is InChI=1S/C19H31N3O3S.HI/c1-5-20-18(22-14-19(8-9-19)10-11-25-3)21-13-16-6-7-17(15(2)12-16)26(4,23)24;/h6-7,12H,5,8-11,13-14H2,1-4H3,(H2,20,21,22);1H. The van der Waals surface area contributed by atoms with Crippen molar-refractivity contribution in [2.24, 2.45) is 10.4 Å². The third-order valence-corrected chi connectivity index (χ3v) is 6.08. The van der Waals surface area contributed by atoms with Crippen molar-refractivity contribution in [2.75, 3.05) is 33.1 Å². The van der Waals surface area contributed by atoms with Crippen LogP contribution in [0.4, 0.5) is 0 Å². The highest BCUT2D eigenvalue weighted by Crippen LogP contribution is 2.48. The van der Waals surface area contributed by atoms with Gasteiger partial charge in [-0.2, -0.15) is 0 Å². The number of sulfone groups is 1. The van der Waals surface area contributed by atoms with E-state index < -0.39 is 9.84 Å². The predicted molar refractivity (Wildman–Crippen MR) is 121 cm³/mol. The van der Waals surface area contributed by atoms with Crippen LogP contribution < -0.4 is 10.6 Å². The average molecular weight is 509 g/mol. The molecule has 0 atom stereocenters. The van der Waals surface area contributed by atoms with E-state index in [0.29, 0.717) is 16.9 Å². The number of methoxy groups -OCH3 is 1. The number of aliphatic imine (C=N–C) groups is 1. The van der Waals surface area contributed by atoms with Gasteiger partial charge in [-0.25, -0.2) is 13.4 Å². The number of hydrogen-bond acceptors (Lipinski definition) is 4. The maximum absolute atomic E-state index is 11.7. The summed E-state index contributed by atoms with van der Waals surface area (Å²) >= 11 is 0. The minimum absolute atomic E-state index is 0. The summed E-state index contributed by atoms with van der Waals surface area (Å²) in [7, 11) is -1.44. The molecule has 154 valence electrons. The van der Waals surface area contributed by atoms with Gasteiger partial charge in [-0.15, -0.1) is 24.0 Å². The molecular weight excluding hydrogens is 477 g/mol. The largest absolute Gasteiger partial charge is 0.385 e. The number of nitrogens with zero attached hydrogens (tertiary/aromatic N) is 1. The molecule has 1 aromatic rings. The summed E-state index contributed by atoms with van der Waals surface area (Å²) in [5.41, 5.74) is 2.10. The molecule has 0 saturated heterocycles. The quantitative estimate of drug-likeness (QED) is 0.304. The third kappa shape index (κ3) is 7.57. The Morgan fingerprint density at radius 1 is 1.30 bits per heavy atom. The zero-order valence-corrected chi connectivity index (χ0v) is 19.8. The van der Waals surface area contributed by atoms with Gasteiger partial charge < -0.3 is 15.4 Å². The highest BCUT2D eigenvalue weighted by Gasteiger charge is 2.41. The van der Waals surface area contributed by atoms with Gasteiger partial charge in [-0.05, 0) is 55.7 Å². The van der Waals surface area contributed by atoms with E-state index in [1.54, 1.807) is 13.2 Å². The van der Waals surface area contributed by atoms with E-state index in [2.05, 4.69) is 15.6 Å². The molecule has 1 aliphatic carbocycles. The zero-order valence-electron chi connectivity index (χ0n) is 16.7. The molecule has 8 heteroatoms. The number of halogens is 1. The summed E-state index contributed by atoms with van der Waals surface area (Å²) in [6.45, 7) is 6.85. The second-order valence-electron chi connectivity index (χ2n) is 7.16. The van der Waals surface area contributed by atoms with Crippen molar-refractivity contribution in [2.45, 2.75) is 44.6 Å². The SMILES string of the molecule is CCNC(=NCc1ccc(S(C)(=O)=O)c(C)c1)NCC1(CCOC)CC1.I. The van der Waals surface area contributed by atoms with E-state index in [4.69, 9.17) is 4.74 Å². The number of hydrogen-bond donors (Lipinski definition) is 2. The Balaban J connectivity index is 0.00000364. The molecule has 6 nitrogen and oxygen atoms in total. The van der Waals surface area contributed by atoms with E-state index in [1.165, 1.54) is 19.1 Å². The second-order valence-corrected chi connectivity index (χ2v) is 9.15. The van der Waals surface area contributed by atoms with Crippen LogP contribution in [0.2, 0.25) is 0 Å². The second kappa shape index (κ2) is 10.6. The van der Waals surface area contributed by atoms with Crippen LogP contribution >= 0.6 is 24.0 Å². The van der Waals surface area contributed by atoms with E-state index in [1.807, 2.05) is 26.0 Å². The summed E-state index contributed by atoms with van der Waals surface area (Å²) in [6.07, 6.45) is 4.77.